The summed E-state index contributed by atoms with van der Waals surface area (Å²) in [7, 11) is 1.62. The third kappa shape index (κ3) is 5.92. The van der Waals surface area contributed by atoms with Crippen LogP contribution in [0.2, 0.25) is 0 Å². The molecular formula is C34H41N3O4. The Morgan fingerprint density at radius 2 is 1.66 bits per heavy atom. The summed E-state index contributed by atoms with van der Waals surface area (Å²) in [6.45, 7) is 9.79. The highest BCUT2D eigenvalue weighted by molar-refractivity contribution is 5.97. The number of amides is 1. The number of carbonyl (C=O) groups is 1. The normalized spacial score (nSPS) is 20.7. The molecule has 1 amide bonds. The van der Waals surface area contributed by atoms with E-state index in [1.807, 2.05) is 35.2 Å². The summed E-state index contributed by atoms with van der Waals surface area (Å²) in [6.07, 6.45) is 2.92. The van der Waals surface area contributed by atoms with E-state index in [1.54, 1.807) is 7.11 Å². The van der Waals surface area contributed by atoms with Gasteiger partial charge in [-0.2, -0.15) is 0 Å². The lowest BCUT2D eigenvalue weighted by molar-refractivity contribution is 0.0135. The second-order valence-corrected chi connectivity index (χ2v) is 11.6. The van der Waals surface area contributed by atoms with Crippen LogP contribution >= 0.6 is 0 Å². The third-order valence-electron chi connectivity index (χ3n) is 9.12. The summed E-state index contributed by atoms with van der Waals surface area (Å²) in [4.78, 5) is 20.4. The first-order valence-electron chi connectivity index (χ1n) is 14.9. The molecule has 3 aromatic rings. The number of hydrogen-bond donors (Lipinski definition) is 0. The summed E-state index contributed by atoms with van der Waals surface area (Å²) in [5.41, 5.74) is 4.55. The van der Waals surface area contributed by atoms with Gasteiger partial charge in [0, 0.05) is 50.8 Å². The molecule has 0 bridgehead atoms. The van der Waals surface area contributed by atoms with Crippen LogP contribution in [0, 0.1) is 0 Å². The average Bonchev–Trinajstić information content (AvgIpc) is 3.49. The van der Waals surface area contributed by atoms with Crippen LogP contribution < -0.4 is 14.2 Å². The minimum Gasteiger partial charge on any atom is -0.496 e. The van der Waals surface area contributed by atoms with E-state index in [-0.39, 0.29) is 5.91 Å². The Labute approximate surface area is 243 Å². The number of ether oxygens (including phenoxy) is 3. The van der Waals surface area contributed by atoms with Crippen molar-refractivity contribution in [2.24, 2.45) is 0 Å². The second-order valence-electron chi connectivity index (χ2n) is 11.6. The molecule has 0 unspecified atom stereocenters. The van der Waals surface area contributed by atoms with Gasteiger partial charge in [-0.05, 0) is 74.1 Å². The first-order valence-corrected chi connectivity index (χ1v) is 14.9. The van der Waals surface area contributed by atoms with Gasteiger partial charge in [-0.3, -0.25) is 14.6 Å². The van der Waals surface area contributed by atoms with E-state index in [4.69, 9.17) is 14.2 Å². The predicted octanol–water partition coefficient (Wildman–Crippen LogP) is 5.39. The van der Waals surface area contributed by atoms with Crippen molar-refractivity contribution in [3.8, 4) is 17.2 Å². The monoisotopic (exact) mass is 555 g/mol. The number of piperazine rings is 1. The number of carbonyl (C=O) groups excluding carboxylic acids is 1. The molecular weight excluding hydrogens is 514 g/mol. The van der Waals surface area contributed by atoms with Crippen LogP contribution in [0.1, 0.15) is 59.8 Å². The third-order valence-corrected chi connectivity index (χ3v) is 9.12. The van der Waals surface area contributed by atoms with E-state index in [1.165, 1.54) is 16.7 Å². The zero-order valence-corrected chi connectivity index (χ0v) is 24.4. The number of methoxy groups -OCH3 is 1. The van der Waals surface area contributed by atoms with Gasteiger partial charge in [0.05, 0.1) is 12.7 Å². The highest BCUT2D eigenvalue weighted by Gasteiger charge is 2.34. The fourth-order valence-corrected chi connectivity index (χ4v) is 6.72. The molecule has 0 saturated carbocycles. The summed E-state index contributed by atoms with van der Waals surface area (Å²) in [5.74, 6) is 2.40. The van der Waals surface area contributed by atoms with Crippen LogP contribution in [0.4, 0.5) is 0 Å². The van der Waals surface area contributed by atoms with Gasteiger partial charge in [0.15, 0.2) is 11.5 Å². The molecule has 0 radical (unpaired) electrons. The van der Waals surface area contributed by atoms with Gasteiger partial charge in [0.2, 0.25) is 6.79 Å². The number of hydrogen-bond acceptors (Lipinski definition) is 6. The second kappa shape index (κ2) is 12.1. The molecule has 0 aromatic heterocycles. The Hall–Kier alpha value is -3.55. The summed E-state index contributed by atoms with van der Waals surface area (Å²) in [6, 6.07) is 24.2. The van der Waals surface area contributed by atoms with E-state index >= 15 is 0 Å². The standard InChI is InChI=1S/C34H41N3O4/c1-24-22-36(29-14-16-35(17-15-29)34(38)30-6-4-5-7-31(30)39-3)18-19-37(24)25(2)28-11-8-26(9-12-28)20-27-10-13-32-33(21-27)41-23-40-32/h4-13,21,24-25,29H,14-20,22-23H2,1-3H3/t24-,25+/m1/s1. The Morgan fingerprint density at radius 3 is 2.41 bits per heavy atom. The molecule has 3 heterocycles. The number of likely N-dealkylation sites (tertiary alicyclic amines) is 1. The maximum absolute atomic E-state index is 13.1. The van der Waals surface area contributed by atoms with E-state index in [0.717, 1.165) is 63.5 Å². The molecule has 2 saturated heterocycles. The van der Waals surface area contributed by atoms with E-state index in [2.05, 4.69) is 60.0 Å². The van der Waals surface area contributed by atoms with Gasteiger partial charge in [-0.25, -0.2) is 0 Å². The highest BCUT2D eigenvalue weighted by atomic mass is 16.7. The Bertz CT molecular complexity index is 1350. The van der Waals surface area contributed by atoms with Gasteiger partial charge in [0.25, 0.3) is 5.91 Å². The first-order chi connectivity index (χ1) is 20.0. The Morgan fingerprint density at radius 1 is 0.927 bits per heavy atom. The molecule has 216 valence electrons. The molecule has 3 aliphatic heterocycles. The van der Waals surface area contributed by atoms with Crippen LogP contribution in [-0.2, 0) is 6.42 Å². The molecule has 0 N–H and O–H groups in total. The molecule has 41 heavy (non-hydrogen) atoms. The van der Waals surface area contributed by atoms with Gasteiger partial charge >= 0.3 is 0 Å². The topological polar surface area (TPSA) is 54.5 Å². The van der Waals surface area contributed by atoms with Gasteiger partial charge in [-0.15, -0.1) is 0 Å². The zero-order valence-electron chi connectivity index (χ0n) is 24.4. The fourth-order valence-electron chi connectivity index (χ4n) is 6.72. The van der Waals surface area contributed by atoms with Crippen LogP contribution in [0.5, 0.6) is 17.2 Å². The lowest BCUT2D eigenvalue weighted by Gasteiger charge is -2.47. The average molecular weight is 556 g/mol. The molecule has 3 aromatic carbocycles. The molecule has 0 spiro atoms. The first kappa shape index (κ1) is 27.6. The van der Waals surface area contributed by atoms with E-state index < -0.39 is 0 Å². The smallest absolute Gasteiger partial charge is 0.257 e. The summed E-state index contributed by atoms with van der Waals surface area (Å²) < 4.78 is 16.4. The molecule has 0 aliphatic carbocycles. The molecule has 3 aliphatic rings. The van der Waals surface area contributed by atoms with Crippen molar-refractivity contribution in [3.05, 3.63) is 89.0 Å². The number of para-hydroxylation sites is 1. The zero-order chi connectivity index (χ0) is 28.3. The minimum absolute atomic E-state index is 0.0785. The molecule has 6 rings (SSSR count). The van der Waals surface area contributed by atoms with Crippen molar-refractivity contribution in [3.63, 3.8) is 0 Å². The quantitative estimate of drug-likeness (QED) is 0.390. The lowest BCUT2D eigenvalue weighted by Crippen LogP contribution is -2.57. The van der Waals surface area contributed by atoms with Crippen molar-refractivity contribution in [2.45, 2.75) is 51.2 Å². The summed E-state index contributed by atoms with van der Waals surface area (Å²) in [5, 5.41) is 0. The SMILES string of the molecule is COc1ccccc1C(=O)N1CCC(N2CCN([C@@H](C)c3ccc(Cc4ccc5c(c4)OCO5)cc3)[C@H](C)C2)CC1. The molecule has 2 fully saturated rings. The summed E-state index contributed by atoms with van der Waals surface area (Å²) >= 11 is 0. The van der Waals surface area contributed by atoms with Gasteiger partial charge in [0.1, 0.15) is 5.75 Å². The Kier molecular flexibility index (Phi) is 8.17. The van der Waals surface area contributed by atoms with E-state index in [0.29, 0.717) is 36.2 Å². The van der Waals surface area contributed by atoms with Crippen LogP contribution in [0.25, 0.3) is 0 Å². The number of nitrogens with zero attached hydrogens (tertiary/aromatic N) is 3. The maximum Gasteiger partial charge on any atom is 0.257 e. The van der Waals surface area contributed by atoms with Crippen LogP contribution in [0.15, 0.2) is 66.7 Å². The van der Waals surface area contributed by atoms with Crippen molar-refractivity contribution in [1.29, 1.82) is 0 Å². The van der Waals surface area contributed by atoms with Gasteiger partial charge in [-0.1, -0.05) is 42.5 Å². The number of fused-ring (bicyclic) bond motifs is 1. The van der Waals surface area contributed by atoms with Crippen molar-refractivity contribution in [2.75, 3.05) is 46.6 Å². The van der Waals surface area contributed by atoms with Crippen molar-refractivity contribution in [1.82, 2.24) is 14.7 Å². The minimum atomic E-state index is 0.0785. The lowest BCUT2D eigenvalue weighted by atomic mass is 9.97. The largest absolute Gasteiger partial charge is 0.496 e. The highest BCUT2D eigenvalue weighted by Crippen LogP contribution is 2.33. The fraction of sp³-hybridized carbons (Fsp3) is 0.441. The van der Waals surface area contributed by atoms with E-state index in [9.17, 15) is 4.79 Å². The predicted molar refractivity (Wildman–Crippen MR) is 160 cm³/mol. The number of piperidine rings is 1. The molecule has 7 heteroatoms. The number of benzene rings is 3. The van der Waals surface area contributed by atoms with Crippen LogP contribution in [0.3, 0.4) is 0 Å². The van der Waals surface area contributed by atoms with Gasteiger partial charge < -0.3 is 19.1 Å². The maximum atomic E-state index is 13.1. The Balaban J connectivity index is 1.00. The molecule has 2 atom stereocenters. The molecule has 7 nitrogen and oxygen atoms in total. The van der Waals surface area contributed by atoms with Crippen molar-refractivity contribution >= 4 is 5.91 Å². The van der Waals surface area contributed by atoms with Crippen LogP contribution in [-0.4, -0.2) is 79.3 Å². The number of rotatable bonds is 7. The van der Waals surface area contributed by atoms with Crippen molar-refractivity contribution < 1.29 is 19.0 Å².